The summed E-state index contributed by atoms with van der Waals surface area (Å²) in [5.74, 6) is -1.23. The van der Waals surface area contributed by atoms with Crippen molar-refractivity contribution in [3.05, 3.63) is 34.6 Å². The number of amides is 1. The highest BCUT2D eigenvalue weighted by molar-refractivity contribution is 7.15. The van der Waals surface area contributed by atoms with Crippen LogP contribution in [-0.4, -0.2) is 46.1 Å². The lowest BCUT2D eigenvalue weighted by atomic mass is 9.86. The molecule has 0 saturated heterocycles. The van der Waals surface area contributed by atoms with Gasteiger partial charge < -0.3 is 15.7 Å². The van der Waals surface area contributed by atoms with Crippen LogP contribution >= 0.6 is 11.3 Å². The maximum Gasteiger partial charge on any atom is 0.306 e. The fourth-order valence-corrected chi connectivity index (χ4v) is 4.97. The van der Waals surface area contributed by atoms with Crippen LogP contribution in [0.15, 0.2) is 18.3 Å². The second-order valence-electron chi connectivity index (χ2n) is 7.43. The normalized spacial score (nSPS) is 22.1. The van der Waals surface area contributed by atoms with Crippen LogP contribution in [0, 0.1) is 5.92 Å². The van der Waals surface area contributed by atoms with Gasteiger partial charge in [0.25, 0.3) is 5.91 Å². The molecule has 1 saturated carbocycles. The minimum atomic E-state index is -0.739. The number of thiazole rings is 1. The Kier molecular flexibility index (Phi) is 5.68. The van der Waals surface area contributed by atoms with Crippen molar-refractivity contribution in [2.75, 3.05) is 13.1 Å². The Bertz CT molecular complexity index is 851. The Morgan fingerprint density at radius 1 is 1.18 bits per heavy atom. The second kappa shape index (κ2) is 8.36. The first-order valence-electron chi connectivity index (χ1n) is 9.79. The molecule has 0 spiro atoms. The van der Waals surface area contributed by atoms with E-state index in [1.54, 1.807) is 23.6 Å². The van der Waals surface area contributed by atoms with Gasteiger partial charge in [-0.15, -0.1) is 11.3 Å². The van der Waals surface area contributed by atoms with E-state index in [0.29, 0.717) is 31.4 Å². The molecular formula is C20H24N4O3S. The number of carboxylic acids is 1. The largest absolute Gasteiger partial charge is 0.481 e. The standard InChI is InChI=1S/C20H24N4O3S/c25-18(23-14-3-1-12(2-4-14)20(26)27)16-11-13(5-10-22-16)19-24-15-6-8-21-9-7-17(15)28-19/h5,10-12,14,21H,1-4,6-9H2,(H,23,25)(H,26,27)/t12-,14-. The topological polar surface area (TPSA) is 104 Å². The molecule has 4 rings (SSSR count). The Labute approximate surface area is 167 Å². The van der Waals surface area contributed by atoms with Crippen molar-refractivity contribution in [3.8, 4) is 10.6 Å². The van der Waals surface area contributed by atoms with E-state index >= 15 is 0 Å². The molecule has 0 radical (unpaired) electrons. The van der Waals surface area contributed by atoms with E-state index in [0.717, 1.165) is 42.2 Å². The fourth-order valence-electron chi connectivity index (χ4n) is 3.86. The van der Waals surface area contributed by atoms with E-state index < -0.39 is 5.97 Å². The fraction of sp³-hybridized carbons (Fsp3) is 0.500. The van der Waals surface area contributed by atoms with Crippen molar-refractivity contribution in [2.45, 2.75) is 44.6 Å². The zero-order valence-electron chi connectivity index (χ0n) is 15.6. The Hall–Kier alpha value is -2.32. The lowest BCUT2D eigenvalue weighted by Gasteiger charge is -2.26. The van der Waals surface area contributed by atoms with Gasteiger partial charge in [-0.25, -0.2) is 4.98 Å². The average Bonchev–Trinajstić information content (AvgIpc) is 2.99. The van der Waals surface area contributed by atoms with Gasteiger partial charge in [-0.3, -0.25) is 14.6 Å². The Morgan fingerprint density at radius 3 is 2.75 bits per heavy atom. The summed E-state index contributed by atoms with van der Waals surface area (Å²) in [6.07, 6.45) is 6.17. The summed E-state index contributed by atoms with van der Waals surface area (Å²) in [6, 6.07) is 3.71. The lowest BCUT2D eigenvalue weighted by Crippen LogP contribution is -2.39. The SMILES string of the molecule is O=C(N[C@H]1CC[C@H](C(=O)O)CC1)c1cc(-c2nc3c(s2)CCNCC3)ccn1. The first-order chi connectivity index (χ1) is 13.6. The van der Waals surface area contributed by atoms with Crippen molar-refractivity contribution in [2.24, 2.45) is 5.92 Å². The zero-order chi connectivity index (χ0) is 19.5. The van der Waals surface area contributed by atoms with Crippen LogP contribution in [0.1, 0.15) is 46.7 Å². The van der Waals surface area contributed by atoms with E-state index in [4.69, 9.17) is 10.1 Å². The van der Waals surface area contributed by atoms with E-state index in [-0.39, 0.29) is 17.9 Å². The van der Waals surface area contributed by atoms with Gasteiger partial charge in [0, 0.05) is 42.2 Å². The van der Waals surface area contributed by atoms with E-state index in [9.17, 15) is 9.59 Å². The number of fused-ring (bicyclic) bond motifs is 1. The lowest BCUT2D eigenvalue weighted by molar-refractivity contribution is -0.142. The molecule has 1 aliphatic heterocycles. The van der Waals surface area contributed by atoms with Crippen LogP contribution in [0.5, 0.6) is 0 Å². The summed E-state index contributed by atoms with van der Waals surface area (Å²) in [4.78, 5) is 34.0. The minimum absolute atomic E-state index is 0.0111. The molecule has 1 aliphatic carbocycles. The van der Waals surface area contributed by atoms with Crippen LogP contribution < -0.4 is 10.6 Å². The number of hydrogen-bond donors (Lipinski definition) is 3. The summed E-state index contributed by atoms with van der Waals surface area (Å²) >= 11 is 1.69. The summed E-state index contributed by atoms with van der Waals surface area (Å²) in [7, 11) is 0. The van der Waals surface area contributed by atoms with Gasteiger partial charge in [0.2, 0.25) is 0 Å². The van der Waals surface area contributed by atoms with Gasteiger partial charge in [-0.1, -0.05) is 0 Å². The van der Waals surface area contributed by atoms with Gasteiger partial charge in [-0.05, 0) is 44.2 Å². The number of nitrogens with zero attached hydrogens (tertiary/aromatic N) is 2. The number of pyridine rings is 1. The molecule has 148 valence electrons. The number of aliphatic carboxylic acids is 1. The quantitative estimate of drug-likeness (QED) is 0.727. The number of carboxylic acid groups (broad SMARTS) is 1. The third-order valence-corrected chi connectivity index (χ3v) is 6.70. The molecule has 2 aromatic heterocycles. The van der Waals surface area contributed by atoms with Gasteiger partial charge in [0.15, 0.2) is 0 Å². The van der Waals surface area contributed by atoms with E-state index in [1.807, 2.05) is 6.07 Å². The molecule has 28 heavy (non-hydrogen) atoms. The highest BCUT2D eigenvalue weighted by Gasteiger charge is 2.27. The molecule has 1 amide bonds. The minimum Gasteiger partial charge on any atom is -0.481 e. The molecule has 0 aromatic carbocycles. The monoisotopic (exact) mass is 400 g/mol. The van der Waals surface area contributed by atoms with Crippen LogP contribution in [0.2, 0.25) is 0 Å². The number of nitrogens with one attached hydrogen (secondary N) is 2. The Balaban J connectivity index is 1.44. The van der Waals surface area contributed by atoms with Crippen molar-refractivity contribution < 1.29 is 14.7 Å². The molecule has 1 fully saturated rings. The second-order valence-corrected chi connectivity index (χ2v) is 8.51. The number of rotatable bonds is 4. The maximum atomic E-state index is 12.6. The molecule has 2 aliphatic rings. The predicted octanol–water partition coefficient (Wildman–Crippen LogP) is 2.27. The Morgan fingerprint density at radius 2 is 1.96 bits per heavy atom. The average molecular weight is 401 g/mol. The van der Waals surface area contributed by atoms with Gasteiger partial charge in [0.1, 0.15) is 10.7 Å². The third-order valence-electron chi connectivity index (χ3n) is 5.50. The van der Waals surface area contributed by atoms with E-state index in [1.165, 1.54) is 4.88 Å². The summed E-state index contributed by atoms with van der Waals surface area (Å²) in [6.45, 7) is 1.92. The molecule has 3 heterocycles. The van der Waals surface area contributed by atoms with Crippen molar-refractivity contribution in [1.29, 1.82) is 0 Å². The maximum absolute atomic E-state index is 12.6. The highest BCUT2D eigenvalue weighted by atomic mass is 32.1. The summed E-state index contributed by atoms with van der Waals surface area (Å²) in [5.41, 5.74) is 2.45. The van der Waals surface area contributed by atoms with Crippen molar-refractivity contribution >= 4 is 23.2 Å². The molecule has 8 heteroatoms. The van der Waals surface area contributed by atoms with Crippen LogP contribution in [0.3, 0.4) is 0 Å². The first-order valence-corrected chi connectivity index (χ1v) is 10.6. The van der Waals surface area contributed by atoms with Crippen LogP contribution in [0.4, 0.5) is 0 Å². The summed E-state index contributed by atoms with van der Waals surface area (Å²) < 4.78 is 0. The van der Waals surface area contributed by atoms with Crippen molar-refractivity contribution in [1.82, 2.24) is 20.6 Å². The number of hydrogen-bond acceptors (Lipinski definition) is 6. The van der Waals surface area contributed by atoms with Gasteiger partial charge in [-0.2, -0.15) is 0 Å². The predicted molar refractivity (Wildman–Crippen MR) is 106 cm³/mol. The van der Waals surface area contributed by atoms with Crippen LogP contribution in [0.25, 0.3) is 10.6 Å². The van der Waals surface area contributed by atoms with Gasteiger partial charge >= 0.3 is 5.97 Å². The smallest absolute Gasteiger partial charge is 0.306 e. The summed E-state index contributed by atoms with van der Waals surface area (Å²) in [5, 5.41) is 16.4. The van der Waals surface area contributed by atoms with Crippen molar-refractivity contribution in [3.63, 3.8) is 0 Å². The number of carbonyl (C=O) groups is 2. The molecule has 0 bridgehead atoms. The molecular weight excluding hydrogens is 376 g/mol. The zero-order valence-corrected chi connectivity index (χ0v) is 16.4. The number of aromatic nitrogens is 2. The molecule has 0 atom stereocenters. The number of carbonyl (C=O) groups excluding carboxylic acids is 1. The van der Waals surface area contributed by atoms with Gasteiger partial charge in [0.05, 0.1) is 11.6 Å². The van der Waals surface area contributed by atoms with Crippen LogP contribution in [-0.2, 0) is 17.6 Å². The first kappa shape index (κ1) is 19.0. The third kappa shape index (κ3) is 4.23. The molecule has 7 nitrogen and oxygen atoms in total. The molecule has 0 unspecified atom stereocenters. The molecule has 2 aromatic rings. The highest BCUT2D eigenvalue weighted by Crippen LogP contribution is 2.30. The van der Waals surface area contributed by atoms with E-state index in [2.05, 4.69) is 15.6 Å². The molecule has 3 N–H and O–H groups in total.